The van der Waals surface area contributed by atoms with Gasteiger partial charge in [-0.05, 0) is 37.6 Å². The number of rotatable bonds is 10. The van der Waals surface area contributed by atoms with Gasteiger partial charge in [0.1, 0.15) is 5.75 Å². The third-order valence-corrected chi connectivity index (χ3v) is 3.36. The van der Waals surface area contributed by atoms with E-state index in [0.717, 1.165) is 12.8 Å². The van der Waals surface area contributed by atoms with E-state index in [1.807, 2.05) is 0 Å². The largest absolute Gasteiger partial charge is 0.427 e. The molecular formula is C14H20FN2O5P. The van der Waals surface area contributed by atoms with Crippen molar-refractivity contribution in [1.82, 2.24) is 0 Å². The van der Waals surface area contributed by atoms with Crippen molar-refractivity contribution in [1.29, 1.82) is 0 Å². The first-order valence-corrected chi connectivity index (χ1v) is 8.23. The monoisotopic (exact) mass is 346 g/mol. The lowest BCUT2D eigenvalue weighted by Crippen LogP contribution is -2.12. The van der Waals surface area contributed by atoms with E-state index in [1.165, 1.54) is 18.2 Å². The molecule has 0 aliphatic carbocycles. The van der Waals surface area contributed by atoms with Crippen LogP contribution < -0.4 is 15.6 Å². The molecule has 0 heterocycles. The van der Waals surface area contributed by atoms with Gasteiger partial charge in [0, 0.05) is 17.7 Å². The zero-order valence-electron chi connectivity index (χ0n) is 12.4. The Morgan fingerprint density at radius 1 is 1.39 bits per heavy atom. The predicted octanol–water partition coefficient (Wildman–Crippen LogP) is 1.94. The number of alkyl halides is 1. The number of anilines is 1. The summed E-state index contributed by atoms with van der Waals surface area (Å²) in [4.78, 5) is 40.1. The maximum Gasteiger partial charge on any atom is 0.391 e. The molecule has 5 N–H and O–H groups in total. The number of nitrogens with one attached hydrogen (secondary N) is 1. The van der Waals surface area contributed by atoms with Crippen molar-refractivity contribution in [3.63, 3.8) is 0 Å². The molecule has 0 aromatic heterocycles. The SMILES string of the molecule is NCCCCCC(=O)Nc1ccc(OP(O)O)c(C(F)C=O)c1. The number of hydrogen-bond donors (Lipinski definition) is 4. The van der Waals surface area contributed by atoms with Crippen molar-refractivity contribution in [3.8, 4) is 5.75 Å². The number of unbranched alkanes of at least 4 members (excludes halogenated alkanes) is 2. The van der Waals surface area contributed by atoms with Crippen LogP contribution in [0.2, 0.25) is 0 Å². The van der Waals surface area contributed by atoms with Crippen molar-refractivity contribution in [2.45, 2.75) is 31.9 Å². The molecule has 1 aromatic carbocycles. The Labute approximate surface area is 134 Å². The lowest BCUT2D eigenvalue weighted by molar-refractivity contribution is -0.116. The minimum atomic E-state index is -2.74. The van der Waals surface area contributed by atoms with Crippen LogP contribution in [0.5, 0.6) is 5.75 Å². The topological polar surface area (TPSA) is 122 Å². The Hall–Kier alpha value is -1.60. The smallest absolute Gasteiger partial charge is 0.391 e. The number of nitrogens with two attached hydrogens (primary N) is 1. The van der Waals surface area contributed by atoms with E-state index < -0.39 is 14.8 Å². The molecule has 1 aromatic rings. The fourth-order valence-electron chi connectivity index (χ4n) is 1.92. The minimum absolute atomic E-state index is 0.0532. The van der Waals surface area contributed by atoms with E-state index in [-0.39, 0.29) is 23.5 Å². The Morgan fingerprint density at radius 2 is 2.13 bits per heavy atom. The molecule has 9 heteroatoms. The van der Waals surface area contributed by atoms with Crippen LogP contribution in [-0.4, -0.2) is 28.5 Å². The molecule has 0 aliphatic rings. The zero-order valence-corrected chi connectivity index (χ0v) is 13.3. The minimum Gasteiger partial charge on any atom is -0.427 e. The molecule has 1 atom stereocenters. The molecule has 0 saturated heterocycles. The highest BCUT2D eigenvalue weighted by atomic mass is 31.2. The van der Waals surface area contributed by atoms with E-state index in [9.17, 15) is 14.0 Å². The van der Waals surface area contributed by atoms with Gasteiger partial charge in [0.25, 0.3) is 0 Å². The number of carbonyl (C=O) groups excluding carboxylic acids is 2. The highest BCUT2D eigenvalue weighted by molar-refractivity contribution is 7.39. The van der Waals surface area contributed by atoms with Crippen LogP contribution in [0.3, 0.4) is 0 Å². The first kappa shape index (κ1) is 19.4. The van der Waals surface area contributed by atoms with Gasteiger partial charge in [-0.1, -0.05) is 6.42 Å². The number of halogens is 1. The zero-order chi connectivity index (χ0) is 17.2. The summed E-state index contributed by atoms with van der Waals surface area (Å²) in [7, 11) is -2.74. The molecule has 0 aliphatic heterocycles. The predicted molar refractivity (Wildman–Crippen MR) is 84.5 cm³/mol. The summed E-state index contributed by atoms with van der Waals surface area (Å²) in [6.45, 7) is 0.578. The third-order valence-electron chi connectivity index (χ3n) is 3.00. The molecule has 0 spiro atoms. The summed E-state index contributed by atoms with van der Waals surface area (Å²) in [5.41, 5.74) is 5.47. The Bertz CT molecular complexity index is 530. The Morgan fingerprint density at radius 3 is 2.74 bits per heavy atom. The Balaban J connectivity index is 2.76. The summed E-state index contributed by atoms with van der Waals surface area (Å²) >= 11 is 0. The van der Waals surface area contributed by atoms with Gasteiger partial charge in [0.05, 0.1) is 0 Å². The molecule has 128 valence electrons. The summed E-state index contributed by atoms with van der Waals surface area (Å²) in [6.07, 6.45) is 0.738. The van der Waals surface area contributed by atoms with Gasteiger partial charge in [-0.25, -0.2) is 4.39 Å². The lowest BCUT2D eigenvalue weighted by Gasteiger charge is -2.14. The van der Waals surface area contributed by atoms with Crippen LogP contribution in [0, 0.1) is 0 Å². The molecule has 23 heavy (non-hydrogen) atoms. The van der Waals surface area contributed by atoms with Crippen molar-refractivity contribution in [2.24, 2.45) is 5.73 Å². The van der Waals surface area contributed by atoms with Crippen LogP contribution in [0.25, 0.3) is 0 Å². The number of aldehydes is 1. The maximum absolute atomic E-state index is 13.7. The van der Waals surface area contributed by atoms with Gasteiger partial charge >= 0.3 is 8.60 Å². The third kappa shape index (κ3) is 7.00. The number of hydrogen-bond acceptors (Lipinski definition) is 6. The van der Waals surface area contributed by atoms with Crippen LogP contribution in [0.1, 0.15) is 37.4 Å². The van der Waals surface area contributed by atoms with Crippen molar-refractivity contribution in [2.75, 3.05) is 11.9 Å². The second kappa shape index (κ2) is 10.2. The van der Waals surface area contributed by atoms with Gasteiger partial charge in [0.2, 0.25) is 5.91 Å². The van der Waals surface area contributed by atoms with E-state index in [4.69, 9.17) is 15.5 Å². The first-order valence-electron chi connectivity index (χ1n) is 7.07. The van der Waals surface area contributed by atoms with Gasteiger partial charge < -0.3 is 25.4 Å². The molecule has 1 rings (SSSR count). The molecule has 0 saturated carbocycles. The highest BCUT2D eigenvalue weighted by Gasteiger charge is 2.18. The fourth-order valence-corrected chi connectivity index (χ4v) is 2.26. The second-order valence-electron chi connectivity index (χ2n) is 4.78. The van der Waals surface area contributed by atoms with Gasteiger partial charge in [-0.2, -0.15) is 0 Å². The van der Waals surface area contributed by atoms with E-state index in [0.29, 0.717) is 25.1 Å². The molecule has 0 bridgehead atoms. The van der Waals surface area contributed by atoms with E-state index in [2.05, 4.69) is 9.84 Å². The standard InChI is InChI=1S/C14H20FN2O5P/c15-12(9-18)11-8-10(5-6-13(11)22-23(20)21)17-14(19)4-2-1-3-7-16/h5-6,8-9,12,20-21H,1-4,7,16H2,(H,17,19). The van der Waals surface area contributed by atoms with Crippen LogP contribution in [0.15, 0.2) is 18.2 Å². The quantitative estimate of drug-likeness (QED) is 0.292. The van der Waals surface area contributed by atoms with Gasteiger partial charge in [0.15, 0.2) is 12.5 Å². The summed E-state index contributed by atoms with van der Waals surface area (Å²) < 4.78 is 18.3. The van der Waals surface area contributed by atoms with Crippen LogP contribution >= 0.6 is 8.60 Å². The van der Waals surface area contributed by atoms with Crippen molar-refractivity contribution >= 4 is 26.5 Å². The number of benzene rings is 1. The molecule has 1 unspecified atom stereocenters. The summed E-state index contributed by atoms with van der Waals surface area (Å²) in [5, 5.41) is 2.59. The first-order chi connectivity index (χ1) is 11.0. The average molecular weight is 346 g/mol. The number of amides is 1. The van der Waals surface area contributed by atoms with Gasteiger partial charge in [-0.3, -0.25) is 9.59 Å². The highest BCUT2D eigenvalue weighted by Crippen LogP contribution is 2.36. The van der Waals surface area contributed by atoms with E-state index in [1.54, 1.807) is 0 Å². The molecule has 0 radical (unpaired) electrons. The molecule has 0 fully saturated rings. The van der Waals surface area contributed by atoms with Crippen LogP contribution in [-0.2, 0) is 9.59 Å². The lowest BCUT2D eigenvalue weighted by atomic mass is 10.1. The average Bonchev–Trinajstić information content (AvgIpc) is 2.51. The molecule has 1 amide bonds. The van der Waals surface area contributed by atoms with E-state index >= 15 is 0 Å². The normalized spacial score (nSPS) is 12.0. The molecular weight excluding hydrogens is 326 g/mol. The number of carbonyl (C=O) groups is 2. The summed E-state index contributed by atoms with van der Waals surface area (Å²) in [5.74, 6) is -0.406. The van der Waals surface area contributed by atoms with Crippen molar-refractivity contribution < 1.29 is 28.3 Å². The second-order valence-corrected chi connectivity index (χ2v) is 5.47. The maximum atomic E-state index is 13.7. The molecule has 7 nitrogen and oxygen atoms in total. The summed E-state index contributed by atoms with van der Waals surface area (Å²) in [6, 6.07) is 3.91. The van der Waals surface area contributed by atoms with Gasteiger partial charge in [-0.15, -0.1) is 0 Å². The van der Waals surface area contributed by atoms with Crippen LogP contribution in [0.4, 0.5) is 10.1 Å². The van der Waals surface area contributed by atoms with Crippen molar-refractivity contribution in [3.05, 3.63) is 23.8 Å². The fraction of sp³-hybridized carbons (Fsp3) is 0.429. The Kier molecular flexibility index (Phi) is 8.65.